The number of carboxylic acid groups (broad SMARTS) is 1. The fraction of sp³-hybridized carbons (Fsp3) is 0.231. The van der Waals surface area contributed by atoms with Gasteiger partial charge in [-0.1, -0.05) is 35.6 Å². The van der Waals surface area contributed by atoms with Crippen LogP contribution >= 0.6 is 11.3 Å². The van der Waals surface area contributed by atoms with E-state index in [0.29, 0.717) is 0 Å². The summed E-state index contributed by atoms with van der Waals surface area (Å²) in [4.78, 5) is 23.5. The molecule has 0 aliphatic heterocycles. The molecule has 92 valence electrons. The number of aliphatic carboxylic acids is 1. The van der Waals surface area contributed by atoms with E-state index >= 15 is 0 Å². The van der Waals surface area contributed by atoms with Crippen LogP contribution < -0.4 is 4.87 Å². The van der Waals surface area contributed by atoms with Crippen molar-refractivity contribution < 1.29 is 9.90 Å². The Bertz CT molecular complexity index is 684. The van der Waals surface area contributed by atoms with E-state index < -0.39 is 5.97 Å². The first-order valence-electron chi connectivity index (χ1n) is 5.69. The third-order valence-corrected chi connectivity index (χ3v) is 4.12. The highest BCUT2D eigenvalue weighted by atomic mass is 32.1. The molecule has 2 aromatic rings. The molecule has 1 aromatic heterocycles. The van der Waals surface area contributed by atoms with Gasteiger partial charge in [0.2, 0.25) is 0 Å². The lowest BCUT2D eigenvalue weighted by molar-refractivity contribution is -0.137. The zero-order chi connectivity index (χ0) is 12.7. The summed E-state index contributed by atoms with van der Waals surface area (Å²) >= 11 is 1.23. The Hall–Kier alpha value is -1.88. The normalized spacial score (nSPS) is 12.2. The van der Waals surface area contributed by atoms with Gasteiger partial charge in [-0.05, 0) is 5.56 Å². The Morgan fingerprint density at radius 1 is 1.39 bits per heavy atom. The summed E-state index contributed by atoms with van der Waals surface area (Å²) in [5, 5.41) is 8.73. The summed E-state index contributed by atoms with van der Waals surface area (Å²) in [6, 6.07) is 7.96. The van der Waals surface area contributed by atoms with Gasteiger partial charge in [0.15, 0.2) is 0 Å². The van der Waals surface area contributed by atoms with E-state index in [1.807, 2.05) is 24.3 Å². The van der Waals surface area contributed by atoms with Crippen LogP contribution in [-0.4, -0.2) is 15.6 Å². The lowest BCUT2D eigenvalue weighted by atomic mass is 10.1. The molecule has 18 heavy (non-hydrogen) atoms. The van der Waals surface area contributed by atoms with Crippen molar-refractivity contribution in [3.8, 4) is 11.3 Å². The zero-order valence-electron chi connectivity index (χ0n) is 9.55. The molecule has 0 bridgehead atoms. The van der Waals surface area contributed by atoms with Crippen LogP contribution in [0.2, 0.25) is 0 Å². The highest BCUT2D eigenvalue weighted by molar-refractivity contribution is 7.09. The van der Waals surface area contributed by atoms with Crippen molar-refractivity contribution in [2.24, 2.45) is 0 Å². The molecule has 0 spiro atoms. The Kier molecular flexibility index (Phi) is 2.56. The van der Waals surface area contributed by atoms with E-state index in [-0.39, 0.29) is 17.8 Å². The monoisotopic (exact) mass is 261 g/mol. The SMILES string of the molecule is O=C(O)CCn1c2c(sc1=O)Cc1ccccc1-2. The van der Waals surface area contributed by atoms with E-state index in [4.69, 9.17) is 5.11 Å². The maximum atomic E-state index is 11.9. The molecule has 0 amide bonds. The first kappa shape index (κ1) is 11.2. The first-order valence-corrected chi connectivity index (χ1v) is 6.51. The second-order valence-electron chi connectivity index (χ2n) is 4.27. The smallest absolute Gasteiger partial charge is 0.307 e. The van der Waals surface area contributed by atoms with Crippen molar-refractivity contribution in [3.05, 3.63) is 44.4 Å². The van der Waals surface area contributed by atoms with Crippen LogP contribution in [-0.2, 0) is 17.8 Å². The van der Waals surface area contributed by atoms with Crippen LogP contribution in [0.1, 0.15) is 16.9 Å². The maximum absolute atomic E-state index is 11.9. The molecule has 1 N–H and O–H groups in total. The molecule has 3 rings (SSSR count). The number of carbonyl (C=O) groups is 1. The lowest BCUT2D eigenvalue weighted by Gasteiger charge is -2.05. The Morgan fingerprint density at radius 3 is 2.94 bits per heavy atom. The molecule has 1 aliphatic rings. The van der Waals surface area contributed by atoms with Gasteiger partial charge in [-0.3, -0.25) is 14.2 Å². The first-order chi connectivity index (χ1) is 8.66. The Balaban J connectivity index is 2.09. The zero-order valence-corrected chi connectivity index (χ0v) is 10.4. The Labute approximate surface area is 107 Å². The summed E-state index contributed by atoms with van der Waals surface area (Å²) in [7, 11) is 0. The van der Waals surface area contributed by atoms with Gasteiger partial charge in [-0.2, -0.15) is 0 Å². The minimum Gasteiger partial charge on any atom is -0.481 e. The van der Waals surface area contributed by atoms with Crippen LogP contribution in [0, 0.1) is 0 Å². The van der Waals surface area contributed by atoms with E-state index in [0.717, 1.165) is 22.6 Å². The minimum atomic E-state index is -0.881. The quantitative estimate of drug-likeness (QED) is 0.784. The lowest BCUT2D eigenvalue weighted by Crippen LogP contribution is -2.16. The summed E-state index contributed by atoms with van der Waals surface area (Å²) in [5.41, 5.74) is 3.20. The fourth-order valence-electron chi connectivity index (χ4n) is 2.36. The molecule has 1 aliphatic carbocycles. The molecule has 4 nitrogen and oxygen atoms in total. The molecule has 0 atom stereocenters. The van der Waals surface area contributed by atoms with E-state index in [1.54, 1.807) is 4.57 Å². The number of nitrogens with zero attached hydrogens (tertiary/aromatic N) is 1. The summed E-state index contributed by atoms with van der Waals surface area (Å²) in [6.45, 7) is 0.244. The molecule has 0 fully saturated rings. The predicted molar refractivity (Wildman–Crippen MR) is 69.1 cm³/mol. The third kappa shape index (κ3) is 1.67. The van der Waals surface area contributed by atoms with Gasteiger partial charge in [0, 0.05) is 23.4 Å². The highest BCUT2D eigenvalue weighted by Crippen LogP contribution is 2.37. The van der Waals surface area contributed by atoms with Crippen molar-refractivity contribution in [2.45, 2.75) is 19.4 Å². The summed E-state index contributed by atoms with van der Waals surface area (Å²) in [6.07, 6.45) is 0.761. The second-order valence-corrected chi connectivity index (χ2v) is 5.32. The van der Waals surface area contributed by atoms with Gasteiger partial charge in [0.05, 0.1) is 12.1 Å². The molecular formula is C13H11NO3S. The Morgan fingerprint density at radius 2 is 2.17 bits per heavy atom. The van der Waals surface area contributed by atoms with Gasteiger partial charge in [-0.15, -0.1) is 0 Å². The summed E-state index contributed by atoms with van der Waals surface area (Å²) < 4.78 is 1.60. The van der Waals surface area contributed by atoms with Crippen molar-refractivity contribution in [1.82, 2.24) is 4.57 Å². The van der Waals surface area contributed by atoms with Crippen LogP contribution in [0.5, 0.6) is 0 Å². The average Bonchev–Trinajstić information content (AvgIpc) is 2.81. The molecule has 0 saturated carbocycles. The van der Waals surface area contributed by atoms with E-state index in [1.165, 1.54) is 16.9 Å². The number of thiazole rings is 1. The maximum Gasteiger partial charge on any atom is 0.307 e. The van der Waals surface area contributed by atoms with Gasteiger partial charge >= 0.3 is 10.8 Å². The van der Waals surface area contributed by atoms with Gasteiger partial charge < -0.3 is 5.11 Å². The van der Waals surface area contributed by atoms with Crippen LogP contribution in [0.15, 0.2) is 29.1 Å². The highest BCUT2D eigenvalue weighted by Gasteiger charge is 2.25. The van der Waals surface area contributed by atoms with Crippen molar-refractivity contribution in [1.29, 1.82) is 0 Å². The number of benzene rings is 1. The number of carboxylic acids is 1. The molecule has 1 heterocycles. The van der Waals surface area contributed by atoms with Crippen molar-refractivity contribution in [3.63, 3.8) is 0 Å². The minimum absolute atomic E-state index is 0.0226. The number of aromatic nitrogens is 1. The molecule has 0 saturated heterocycles. The fourth-order valence-corrected chi connectivity index (χ4v) is 3.40. The number of fused-ring (bicyclic) bond motifs is 3. The van der Waals surface area contributed by atoms with E-state index in [2.05, 4.69) is 0 Å². The largest absolute Gasteiger partial charge is 0.481 e. The number of hydrogen-bond donors (Lipinski definition) is 1. The molecular weight excluding hydrogens is 250 g/mol. The molecule has 1 aromatic carbocycles. The second kappa shape index (κ2) is 4.10. The van der Waals surface area contributed by atoms with Crippen LogP contribution in [0.3, 0.4) is 0 Å². The summed E-state index contributed by atoms with van der Waals surface area (Å²) in [5.74, 6) is -0.881. The molecule has 0 unspecified atom stereocenters. The average molecular weight is 261 g/mol. The predicted octanol–water partition coefficient (Wildman–Crippen LogP) is 1.96. The van der Waals surface area contributed by atoms with Crippen molar-refractivity contribution in [2.75, 3.05) is 0 Å². The van der Waals surface area contributed by atoms with Gasteiger partial charge in [0.1, 0.15) is 0 Å². The van der Waals surface area contributed by atoms with Crippen LogP contribution in [0.25, 0.3) is 11.3 Å². The third-order valence-electron chi connectivity index (χ3n) is 3.14. The van der Waals surface area contributed by atoms with Gasteiger partial charge in [0.25, 0.3) is 0 Å². The van der Waals surface area contributed by atoms with Crippen molar-refractivity contribution >= 4 is 17.3 Å². The standard InChI is InChI=1S/C13H11NO3S/c15-11(16)5-6-14-12-9-4-2-1-3-8(9)7-10(12)18-13(14)17/h1-4H,5-7H2,(H,15,16). The van der Waals surface area contributed by atoms with E-state index in [9.17, 15) is 9.59 Å². The molecule has 5 heteroatoms. The van der Waals surface area contributed by atoms with Crippen LogP contribution in [0.4, 0.5) is 0 Å². The van der Waals surface area contributed by atoms with Gasteiger partial charge in [-0.25, -0.2) is 0 Å². The number of hydrogen-bond acceptors (Lipinski definition) is 3. The molecule has 0 radical (unpaired) electrons. The number of rotatable bonds is 3. The topological polar surface area (TPSA) is 59.3 Å².